The number of para-hydroxylation sites is 1. The summed E-state index contributed by atoms with van der Waals surface area (Å²) in [5.74, 6) is -1.59. The molecule has 3 rings (SSSR count). The van der Waals surface area contributed by atoms with Crippen LogP contribution in [0.2, 0.25) is 0 Å². The SMILES string of the molecule is [2H]C1CC(=O)NC(=O)N1[C@@H]1O[C@H](C([2H])([2H])O[P@@](=O)(N[C@@H](C)C(=O)OC(C)C)Oc2ccccc2)[C@@H](O)[C@@]1(C)O. The van der Waals surface area contributed by atoms with Gasteiger partial charge in [0.2, 0.25) is 5.91 Å². The molecule has 3 amide bonds. The van der Waals surface area contributed by atoms with Crippen molar-refractivity contribution in [1.29, 1.82) is 0 Å². The van der Waals surface area contributed by atoms with Crippen LogP contribution in [-0.4, -0.2) is 82.3 Å². The number of carbonyl (C=O) groups excluding carboxylic acids is 3. The molecule has 0 spiro atoms. The molecule has 36 heavy (non-hydrogen) atoms. The minimum absolute atomic E-state index is 0.0157. The standard InChI is InChI=1S/C22H32N3O10P/c1-13(2)33-19(28)14(3)24-36(31,35-15-8-6-5-7-9-15)32-12-16-18(27)22(4,30)20(34-16)25-11-10-17(26)23-21(25)29/h5-9,13-14,16,18,20,27,30H,10-12H2,1-4H3,(H,24,31)(H,23,26,29)/t14-,16+,18+,20+,22+,36-/m0/s1/i11D,12D2/t11?,14-,16+,18+,20+,22+,36-. The van der Waals surface area contributed by atoms with Crippen LogP contribution >= 0.6 is 7.75 Å². The average molecular weight is 533 g/mol. The Labute approximate surface area is 212 Å². The van der Waals surface area contributed by atoms with Crippen molar-refractivity contribution in [2.24, 2.45) is 0 Å². The number of urea groups is 1. The Morgan fingerprint density at radius 3 is 2.67 bits per heavy atom. The molecule has 1 aromatic rings. The summed E-state index contributed by atoms with van der Waals surface area (Å²) in [5, 5.41) is 26.1. The number of benzene rings is 1. The number of amides is 3. The van der Waals surface area contributed by atoms with E-state index in [1.807, 2.05) is 5.32 Å². The minimum Gasteiger partial charge on any atom is -0.462 e. The molecule has 14 heteroatoms. The second kappa shape index (κ2) is 11.2. The molecule has 2 aliphatic rings. The molecule has 1 unspecified atom stereocenters. The van der Waals surface area contributed by atoms with Crippen molar-refractivity contribution in [1.82, 2.24) is 15.3 Å². The highest BCUT2D eigenvalue weighted by Gasteiger charge is 2.56. The summed E-state index contributed by atoms with van der Waals surface area (Å²) in [7, 11) is -4.79. The van der Waals surface area contributed by atoms with Crippen molar-refractivity contribution >= 4 is 25.7 Å². The molecule has 4 N–H and O–H groups in total. The summed E-state index contributed by atoms with van der Waals surface area (Å²) in [4.78, 5) is 37.0. The molecule has 13 nitrogen and oxygen atoms in total. The Bertz CT molecular complexity index is 1130. The number of hydrogen-bond donors (Lipinski definition) is 4. The maximum Gasteiger partial charge on any atom is 0.459 e. The van der Waals surface area contributed by atoms with Crippen LogP contribution in [0, 0.1) is 0 Å². The first-order valence-electron chi connectivity index (χ1n) is 12.7. The fourth-order valence-corrected chi connectivity index (χ4v) is 4.75. The van der Waals surface area contributed by atoms with E-state index >= 15 is 0 Å². The van der Waals surface area contributed by atoms with E-state index in [1.165, 1.54) is 19.1 Å². The number of hydrogen-bond acceptors (Lipinski definition) is 10. The van der Waals surface area contributed by atoms with Crippen molar-refractivity contribution in [3.63, 3.8) is 0 Å². The van der Waals surface area contributed by atoms with Gasteiger partial charge in [0.25, 0.3) is 0 Å². The van der Waals surface area contributed by atoms with E-state index in [0.717, 1.165) is 6.92 Å². The van der Waals surface area contributed by atoms with Gasteiger partial charge in [0.15, 0.2) is 6.23 Å². The lowest BCUT2D eigenvalue weighted by Gasteiger charge is -2.37. The molecule has 2 aliphatic heterocycles. The summed E-state index contributed by atoms with van der Waals surface area (Å²) < 4.78 is 60.1. The first kappa shape index (κ1) is 23.8. The summed E-state index contributed by atoms with van der Waals surface area (Å²) in [6, 6.07) is 5.13. The van der Waals surface area contributed by atoms with Gasteiger partial charge in [0.05, 0.1) is 16.8 Å². The van der Waals surface area contributed by atoms with E-state index in [1.54, 1.807) is 32.0 Å². The molecule has 0 radical (unpaired) electrons. The Balaban J connectivity index is 1.89. The largest absolute Gasteiger partial charge is 0.462 e. The maximum atomic E-state index is 13.8. The molecule has 0 saturated carbocycles. The van der Waals surface area contributed by atoms with Crippen molar-refractivity contribution in [3.8, 4) is 5.75 Å². The van der Waals surface area contributed by atoms with Gasteiger partial charge in [-0.15, -0.1) is 0 Å². The number of nitrogens with zero attached hydrogens (tertiary/aromatic N) is 1. The predicted molar refractivity (Wildman–Crippen MR) is 125 cm³/mol. The lowest BCUT2D eigenvalue weighted by molar-refractivity contribution is -0.149. The number of imide groups is 1. The third-order valence-electron chi connectivity index (χ3n) is 5.18. The van der Waals surface area contributed by atoms with E-state index in [0.29, 0.717) is 4.90 Å². The average Bonchev–Trinajstić information content (AvgIpc) is 3.02. The van der Waals surface area contributed by atoms with Crippen molar-refractivity contribution < 1.29 is 51.8 Å². The number of carbonyl (C=O) groups is 3. The molecule has 2 fully saturated rings. The molecule has 2 saturated heterocycles. The van der Waals surface area contributed by atoms with Gasteiger partial charge in [-0.25, -0.2) is 9.36 Å². The van der Waals surface area contributed by atoms with Crippen molar-refractivity contribution in [3.05, 3.63) is 30.3 Å². The number of rotatable bonds is 10. The molecular weight excluding hydrogens is 497 g/mol. The number of aliphatic hydroxyl groups is 2. The molecule has 0 bridgehead atoms. The van der Waals surface area contributed by atoms with E-state index < -0.39 is 81.3 Å². The van der Waals surface area contributed by atoms with Gasteiger partial charge in [-0.05, 0) is 39.8 Å². The second-order valence-electron chi connectivity index (χ2n) is 8.67. The summed E-state index contributed by atoms with van der Waals surface area (Å²) in [6.07, 6.45) is -6.92. The molecule has 1 aromatic carbocycles. The Morgan fingerprint density at radius 2 is 2.06 bits per heavy atom. The first-order valence-corrected chi connectivity index (χ1v) is 12.6. The van der Waals surface area contributed by atoms with Crippen LogP contribution in [0.4, 0.5) is 4.79 Å². The van der Waals surface area contributed by atoms with Gasteiger partial charge >= 0.3 is 19.7 Å². The topological polar surface area (TPSA) is 173 Å². The molecule has 2 heterocycles. The normalized spacial score (nSPS) is 32.6. The van der Waals surface area contributed by atoms with Crippen LogP contribution in [-0.2, 0) is 28.2 Å². The first-order chi connectivity index (χ1) is 18.0. The third-order valence-corrected chi connectivity index (χ3v) is 6.68. The van der Waals surface area contributed by atoms with Gasteiger partial charge < -0.3 is 24.2 Å². The van der Waals surface area contributed by atoms with Gasteiger partial charge in [-0.3, -0.25) is 24.3 Å². The number of nitrogens with one attached hydrogen (secondary N) is 2. The van der Waals surface area contributed by atoms with Gasteiger partial charge in [0.1, 0.15) is 29.6 Å². The number of esters is 1. The van der Waals surface area contributed by atoms with Crippen molar-refractivity contribution in [2.75, 3.05) is 13.1 Å². The van der Waals surface area contributed by atoms with Crippen LogP contribution in [0.25, 0.3) is 0 Å². The van der Waals surface area contributed by atoms with Gasteiger partial charge in [-0.1, -0.05) is 18.2 Å². The summed E-state index contributed by atoms with van der Waals surface area (Å²) in [6.45, 7) is 0.828. The van der Waals surface area contributed by atoms with Gasteiger partial charge in [-0.2, -0.15) is 5.09 Å². The van der Waals surface area contributed by atoms with Crippen LogP contribution in [0.15, 0.2) is 30.3 Å². The predicted octanol–water partition coefficient (Wildman–Crippen LogP) is 0.898. The van der Waals surface area contributed by atoms with Gasteiger partial charge in [0, 0.05) is 12.9 Å². The maximum absolute atomic E-state index is 13.8. The number of aliphatic hydroxyl groups excluding tert-OH is 1. The third kappa shape index (κ3) is 6.61. The highest BCUT2D eigenvalue weighted by Crippen LogP contribution is 2.46. The quantitative estimate of drug-likeness (QED) is 0.249. The Hall–Kier alpha value is -2.54. The highest BCUT2D eigenvalue weighted by molar-refractivity contribution is 7.52. The van der Waals surface area contributed by atoms with Crippen molar-refractivity contribution in [2.45, 2.75) is 70.3 Å². The molecule has 200 valence electrons. The summed E-state index contributed by atoms with van der Waals surface area (Å²) >= 11 is 0. The minimum atomic E-state index is -4.79. The zero-order valence-electron chi connectivity index (χ0n) is 23.1. The van der Waals surface area contributed by atoms with Crippen LogP contribution in [0.5, 0.6) is 5.75 Å². The van der Waals surface area contributed by atoms with Crippen LogP contribution in [0.1, 0.15) is 38.2 Å². The van der Waals surface area contributed by atoms with E-state index in [2.05, 4.69) is 5.09 Å². The molecule has 0 aromatic heterocycles. The lowest BCUT2D eigenvalue weighted by atomic mass is 9.96. The van der Waals surface area contributed by atoms with E-state index in [9.17, 15) is 29.2 Å². The lowest BCUT2D eigenvalue weighted by Crippen LogP contribution is -2.60. The zero-order chi connectivity index (χ0) is 29.3. The van der Waals surface area contributed by atoms with Crippen LogP contribution in [0.3, 0.4) is 0 Å². The zero-order valence-corrected chi connectivity index (χ0v) is 21.0. The van der Waals surface area contributed by atoms with E-state index in [-0.39, 0.29) is 5.75 Å². The van der Waals surface area contributed by atoms with E-state index in [4.69, 9.17) is 22.6 Å². The fourth-order valence-electron chi connectivity index (χ4n) is 3.38. The second-order valence-corrected chi connectivity index (χ2v) is 10.3. The Kier molecular flexibility index (Phi) is 7.44. The molecule has 7 atom stereocenters. The molecular formula is C22H32N3O10P. The highest BCUT2D eigenvalue weighted by atomic mass is 31.2. The monoisotopic (exact) mass is 532 g/mol. The Morgan fingerprint density at radius 1 is 1.39 bits per heavy atom. The molecule has 0 aliphatic carbocycles. The number of ether oxygens (including phenoxy) is 2. The summed E-state index contributed by atoms with van der Waals surface area (Å²) in [5.41, 5.74) is -2.36. The smallest absolute Gasteiger partial charge is 0.459 e. The fraction of sp³-hybridized carbons (Fsp3) is 0.591. The van der Waals surface area contributed by atoms with Crippen LogP contribution < -0.4 is 14.9 Å².